The first-order chi connectivity index (χ1) is 14.5. The predicted octanol–water partition coefficient (Wildman–Crippen LogP) is 0.469. The third-order valence-corrected chi connectivity index (χ3v) is 4.93. The quantitative estimate of drug-likeness (QED) is 0.461. The molecule has 0 saturated carbocycles. The van der Waals surface area contributed by atoms with E-state index in [1.54, 1.807) is 30.3 Å². The van der Waals surface area contributed by atoms with Gasteiger partial charge in [-0.25, -0.2) is 14.4 Å². The van der Waals surface area contributed by atoms with Gasteiger partial charge in [-0.2, -0.15) is 4.68 Å². The van der Waals surface area contributed by atoms with E-state index < -0.39 is 45.4 Å². The summed E-state index contributed by atoms with van der Waals surface area (Å²) in [5.41, 5.74) is 0.526. The second kappa shape index (κ2) is 8.50. The highest BCUT2D eigenvalue weighted by Crippen LogP contribution is 2.38. The molecule has 1 unspecified atom stereocenters. The number of fused-ring (bicyclic) bond motifs is 1. The maximum atomic E-state index is 14.9. The van der Waals surface area contributed by atoms with E-state index in [4.69, 9.17) is 9.63 Å². The van der Waals surface area contributed by atoms with Crippen LogP contribution in [0.15, 0.2) is 36.7 Å². The Labute approximate surface area is 168 Å². The SMILES string of the molecule is O=C(Nc1ncnc2c1nnn2[C@@H]1O[C@H](CO)[C@@H](O[PH](=O)O)[C@@H]1F)c1ccccc1. The highest BCUT2D eigenvalue weighted by molar-refractivity contribution is 7.32. The molecular weight excluding hydrogens is 422 g/mol. The molecule has 1 aliphatic heterocycles. The van der Waals surface area contributed by atoms with Crippen molar-refractivity contribution < 1.29 is 33.0 Å². The molecule has 1 saturated heterocycles. The summed E-state index contributed by atoms with van der Waals surface area (Å²) in [4.78, 5) is 29.4. The van der Waals surface area contributed by atoms with E-state index in [0.717, 1.165) is 11.0 Å². The number of carbonyl (C=O) groups excluding carboxylic acids is 1. The van der Waals surface area contributed by atoms with Gasteiger partial charge in [0.25, 0.3) is 5.91 Å². The van der Waals surface area contributed by atoms with Gasteiger partial charge in [0.15, 0.2) is 29.4 Å². The number of amides is 1. The molecule has 0 radical (unpaired) electrons. The minimum absolute atomic E-state index is 0.0509. The van der Waals surface area contributed by atoms with Crippen molar-refractivity contribution in [2.75, 3.05) is 11.9 Å². The zero-order valence-electron chi connectivity index (χ0n) is 15.1. The fraction of sp³-hybridized carbons (Fsp3) is 0.312. The fourth-order valence-corrected chi connectivity index (χ4v) is 3.61. The minimum Gasteiger partial charge on any atom is -0.394 e. The van der Waals surface area contributed by atoms with E-state index in [2.05, 4.69) is 30.1 Å². The predicted molar refractivity (Wildman–Crippen MR) is 99.5 cm³/mol. The summed E-state index contributed by atoms with van der Waals surface area (Å²) in [6.45, 7) is -0.642. The summed E-state index contributed by atoms with van der Waals surface area (Å²) >= 11 is 0. The van der Waals surface area contributed by atoms with Crippen LogP contribution >= 0.6 is 8.25 Å². The van der Waals surface area contributed by atoms with Crippen molar-refractivity contribution >= 4 is 31.1 Å². The Kier molecular flexibility index (Phi) is 5.79. The molecule has 14 heteroatoms. The van der Waals surface area contributed by atoms with Crippen LogP contribution in [0.25, 0.3) is 11.2 Å². The van der Waals surface area contributed by atoms with Gasteiger partial charge < -0.3 is 24.6 Å². The zero-order valence-corrected chi connectivity index (χ0v) is 16.1. The highest BCUT2D eigenvalue weighted by atomic mass is 31.1. The Morgan fingerprint density at radius 3 is 2.80 bits per heavy atom. The number of hydrogen-bond acceptors (Lipinski definition) is 9. The Morgan fingerprint density at radius 1 is 1.33 bits per heavy atom. The smallest absolute Gasteiger partial charge is 0.317 e. The number of nitrogens with one attached hydrogen (secondary N) is 1. The van der Waals surface area contributed by atoms with E-state index in [9.17, 15) is 18.9 Å². The van der Waals surface area contributed by atoms with Crippen LogP contribution in [0, 0.1) is 0 Å². The van der Waals surface area contributed by atoms with Crippen LogP contribution in [0.4, 0.5) is 10.2 Å². The normalized spacial score (nSPS) is 24.8. The van der Waals surface area contributed by atoms with Crippen molar-refractivity contribution in [3.8, 4) is 0 Å². The van der Waals surface area contributed by atoms with Crippen LogP contribution in [0.5, 0.6) is 0 Å². The first kappa shape index (κ1) is 20.4. The summed E-state index contributed by atoms with van der Waals surface area (Å²) in [5, 5.41) is 19.7. The lowest BCUT2D eigenvalue weighted by Gasteiger charge is -2.15. The number of rotatable bonds is 6. The summed E-state index contributed by atoms with van der Waals surface area (Å²) < 4.78 is 37.0. The van der Waals surface area contributed by atoms with Crippen molar-refractivity contribution in [3.63, 3.8) is 0 Å². The number of aromatic nitrogens is 5. The number of halogens is 1. The third kappa shape index (κ3) is 3.80. The maximum absolute atomic E-state index is 14.9. The molecule has 30 heavy (non-hydrogen) atoms. The maximum Gasteiger partial charge on any atom is 0.317 e. The van der Waals surface area contributed by atoms with Crippen LogP contribution < -0.4 is 5.32 Å². The lowest BCUT2D eigenvalue weighted by atomic mass is 10.1. The van der Waals surface area contributed by atoms with E-state index in [1.165, 1.54) is 0 Å². The average molecular weight is 438 g/mol. The molecule has 2 aromatic heterocycles. The fourth-order valence-electron chi connectivity index (χ4n) is 3.09. The number of hydrogen-bond donors (Lipinski definition) is 3. The number of alkyl halides is 1. The van der Waals surface area contributed by atoms with Gasteiger partial charge in [0.2, 0.25) is 0 Å². The number of aliphatic hydroxyl groups excluding tert-OH is 1. The van der Waals surface area contributed by atoms with Crippen LogP contribution in [-0.4, -0.2) is 65.9 Å². The summed E-state index contributed by atoms with van der Waals surface area (Å²) in [7, 11) is -3.47. The van der Waals surface area contributed by atoms with Crippen LogP contribution in [0.1, 0.15) is 16.6 Å². The van der Waals surface area contributed by atoms with Crippen molar-refractivity contribution in [3.05, 3.63) is 42.2 Å². The number of aliphatic hydroxyl groups is 1. The van der Waals surface area contributed by atoms with Gasteiger partial charge in [0.1, 0.15) is 18.5 Å². The largest absolute Gasteiger partial charge is 0.394 e. The Morgan fingerprint density at radius 2 is 2.10 bits per heavy atom. The van der Waals surface area contributed by atoms with Crippen LogP contribution in [-0.2, 0) is 13.8 Å². The lowest BCUT2D eigenvalue weighted by Crippen LogP contribution is -2.32. The van der Waals surface area contributed by atoms with Gasteiger partial charge in [-0.05, 0) is 12.1 Å². The van der Waals surface area contributed by atoms with Gasteiger partial charge in [0.05, 0.1) is 6.61 Å². The molecule has 1 aromatic carbocycles. The molecule has 5 atom stereocenters. The number of ether oxygens (including phenoxy) is 1. The number of carbonyl (C=O) groups is 1. The van der Waals surface area contributed by atoms with Crippen molar-refractivity contribution in [1.82, 2.24) is 25.0 Å². The topological polar surface area (TPSA) is 162 Å². The first-order valence-corrected chi connectivity index (χ1v) is 9.98. The highest BCUT2D eigenvalue weighted by Gasteiger charge is 2.48. The van der Waals surface area contributed by atoms with Crippen molar-refractivity contribution in [2.45, 2.75) is 24.6 Å². The summed E-state index contributed by atoms with van der Waals surface area (Å²) in [6, 6.07) is 8.41. The monoisotopic (exact) mass is 438 g/mol. The first-order valence-electron chi connectivity index (χ1n) is 8.72. The second-order valence-corrected chi connectivity index (χ2v) is 7.06. The number of benzene rings is 1. The minimum atomic E-state index is -3.47. The molecule has 1 amide bonds. The van der Waals surface area contributed by atoms with Gasteiger partial charge in [-0.3, -0.25) is 9.36 Å². The molecule has 158 valence electrons. The van der Waals surface area contributed by atoms with Crippen LogP contribution in [0.2, 0.25) is 0 Å². The Bertz CT molecular complexity index is 1080. The van der Waals surface area contributed by atoms with Gasteiger partial charge >= 0.3 is 8.25 Å². The lowest BCUT2D eigenvalue weighted by molar-refractivity contribution is -0.0492. The molecule has 12 nitrogen and oxygen atoms in total. The van der Waals surface area contributed by atoms with E-state index >= 15 is 0 Å². The second-order valence-electron chi connectivity index (χ2n) is 6.29. The van der Waals surface area contributed by atoms with Gasteiger partial charge in [-0.15, -0.1) is 5.10 Å². The van der Waals surface area contributed by atoms with Crippen molar-refractivity contribution in [2.24, 2.45) is 0 Å². The van der Waals surface area contributed by atoms with E-state index in [0.29, 0.717) is 5.56 Å². The molecule has 3 aromatic rings. The van der Waals surface area contributed by atoms with Crippen LogP contribution in [0.3, 0.4) is 0 Å². The molecule has 0 bridgehead atoms. The van der Waals surface area contributed by atoms with E-state index in [-0.39, 0.29) is 17.0 Å². The standard InChI is InChI=1S/C16H16FN6O6P/c17-10-12(29-30(26)27)9(6-24)28-16(10)23-14-11(21-22-23)13(18-7-19-14)20-15(25)8-4-2-1-3-5-8/h1-5,7,9-10,12,16,24,30H,6H2,(H,26,27)(H,18,19,20,25)/t9-,10+,12-,16-/m1/s1. The third-order valence-electron chi connectivity index (χ3n) is 4.45. The molecule has 0 spiro atoms. The molecular formula is C16H16FN6O6P. The number of nitrogens with zero attached hydrogens (tertiary/aromatic N) is 5. The van der Waals surface area contributed by atoms with Gasteiger partial charge in [-0.1, -0.05) is 23.4 Å². The summed E-state index contributed by atoms with van der Waals surface area (Å²) in [6.07, 6.45) is -4.90. The van der Waals surface area contributed by atoms with Crippen molar-refractivity contribution in [1.29, 1.82) is 0 Å². The van der Waals surface area contributed by atoms with E-state index in [1.807, 2.05) is 0 Å². The Hall–Kier alpha value is -2.83. The molecule has 0 aliphatic carbocycles. The molecule has 4 rings (SSSR count). The molecule has 3 N–H and O–H groups in total. The molecule has 1 aliphatic rings. The van der Waals surface area contributed by atoms with Gasteiger partial charge in [0, 0.05) is 5.56 Å². The zero-order chi connectivity index (χ0) is 21.3. The molecule has 3 heterocycles. The molecule has 1 fully saturated rings. The number of anilines is 1. The Balaban J connectivity index is 1.63. The summed E-state index contributed by atoms with van der Waals surface area (Å²) in [5.74, 6) is -0.382. The average Bonchev–Trinajstić information content (AvgIpc) is 3.30.